The summed E-state index contributed by atoms with van der Waals surface area (Å²) >= 11 is 0. The molecule has 768 valence electrons. The van der Waals surface area contributed by atoms with Crippen molar-refractivity contribution in [3.8, 4) is 51.6 Å². The van der Waals surface area contributed by atoms with Crippen molar-refractivity contribution in [2.75, 3.05) is 77.6 Å². The number of pyridine rings is 9. The molecule has 5 aliphatic rings. The van der Waals surface area contributed by atoms with Crippen LogP contribution < -0.4 is 74.5 Å². The van der Waals surface area contributed by atoms with Crippen molar-refractivity contribution in [3.63, 3.8) is 0 Å². The summed E-state index contributed by atoms with van der Waals surface area (Å²) in [6.45, 7) is 26.6. The first-order valence-electron chi connectivity index (χ1n) is 50.2. The van der Waals surface area contributed by atoms with E-state index in [1.54, 1.807) is 73.2 Å². The highest BCUT2D eigenvalue weighted by Gasteiger charge is 2.45. The summed E-state index contributed by atoms with van der Waals surface area (Å²) in [7, 11) is -15.7. The normalized spacial score (nSPS) is 19.8. The first-order valence-corrected chi connectivity index (χ1v) is 52.6. The lowest BCUT2D eigenvalue weighted by molar-refractivity contribution is 0.0972. The molecule has 144 heavy (non-hydrogen) atoms. The Balaban J connectivity index is 0.000000168. The third-order valence-corrected chi connectivity index (χ3v) is 29.9. The van der Waals surface area contributed by atoms with Gasteiger partial charge in [0.15, 0.2) is 20.9 Å². The predicted octanol–water partition coefficient (Wildman–Crippen LogP) is 14.0. The monoisotopic (exact) mass is 2060 g/mol. The van der Waals surface area contributed by atoms with Gasteiger partial charge in [0.1, 0.15) is 57.5 Å². The van der Waals surface area contributed by atoms with Crippen LogP contribution in [0.3, 0.4) is 0 Å². The van der Waals surface area contributed by atoms with Crippen LogP contribution in [-0.2, 0) is 40.1 Å². The number of hydrogen-bond donors (Lipinski definition) is 7. The lowest BCUT2D eigenvalue weighted by atomic mass is 9.97. The number of benzene rings is 1. The first kappa shape index (κ1) is 97.6. The molecule has 4 aliphatic heterocycles. The van der Waals surface area contributed by atoms with Crippen LogP contribution in [0.5, 0.6) is 23.4 Å². The summed E-state index contributed by atoms with van der Waals surface area (Å²) < 4.78 is 203. The Kier molecular flexibility index (Phi) is 29.7. The van der Waals surface area contributed by atoms with Crippen molar-refractivity contribution in [3.05, 3.63) is 215 Å². The third kappa shape index (κ3) is 26.2. The Morgan fingerprint density at radius 1 is 0.507 bits per heavy atom. The number of aromatic nitrogens is 11. The Morgan fingerprint density at radius 2 is 1.04 bits per heavy atom. The Bertz CT molecular complexity index is 7430. The quantitative estimate of drug-likeness (QED) is 0.0239. The first-order chi connectivity index (χ1) is 70.5. The number of nitrogens with one attached hydrogen (secondary N) is 5. The minimum atomic E-state index is -4.38. The fourth-order valence-electron chi connectivity index (χ4n) is 18.7. The van der Waals surface area contributed by atoms with E-state index in [4.69, 9.17) is 45.0 Å². The van der Waals surface area contributed by atoms with Crippen LogP contribution in [0.15, 0.2) is 201 Å². The summed E-state index contributed by atoms with van der Waals surface area (Å²) in [5.41, 5.74) is 12.0. The predicted molar refractivity (Wildman–Crippen MR) is 545 cm³/mol. The standard InChI is InChI=1S/C28H33FN4O5S.C25H33N7O4S.C24H28N6O4S.C24H32N4O4S/c1-17(2)16-38-21-12-19(11-20(29)13-21)23-10-9-22(26(30-23)33-15-18(3)14-28(33,4)5)27(35)32-39(36,37)25-8-6-7-24(34)31-25;1-16(2)15-36-21-10-12-32(29-21)20-9-8-18(23(28-20)31-14-17(3)13-25(31,4)5)24(33)30-37(34,35)19-7-6-11-27-22(19)26;1-15-11-24(2,3)30(14-15)22-18(10-17(13-27-22)16-8-9-20(34-4)26-12-16)23(31)29-35(32,33)21-7-5-6-19(25)28-21;1-16-10-11-18(13-16)32-20-8-5-9-21(26-20)33(30,31)27-23(29)19-7-6-12-25-22(19)28-15-17(2)14-24(28,3)4/h6-13,17-18H,14-16H2,1-5H3,(H,31,34)(H,32,35);6-12,16-17H,13-15H2,1-5H3,(H2,26,27)(H,30,33);5-10,12-13,15H,11,14H2,1-4H3,(H2,25,28)(H,29,31);5-9,12,16-18H,10-11,13-15H2,1-4H3,(H,27,29)/t18-;17-;;/m00../s1/i;1D3,2D3,16D;;. The number of aromatic amines is 1. The number of sulfonamides is 4. The van der Waals surface area contributed by atoms with Crippen LogP contribution in [0, 0.1) is 47.2 Å². The van der Waals surface area contributed by atoms with Crippen molar-refractivity contribution in [1.29, 1.82) is 0 Å². The number of carbonyl (C=O) groups excluding carboxylic acids is 4. The number of amides is 4. The van der Waals surface area contributed by atoms with E-state index in [2.05, 4.69) is 115 Å². The zero-order valence-electron chi connectivity index (χ0n) is 89.8. The SMILES string of the molecule is CC(C)COc1cc(F)cc(-c2ccc(C(=O)NS(=O)(=O)c3cccc(=O)[nH]3)c(N3C[C@@H](C)CC3(C)C)n2)c1.CC1CCC(Oc2cccc(S(=O)(=O)NC(=O)c3cccnc3N3CC(C)CC3(C)C)n2)C1.COc1ccc(-c2cnc(N3CC(C)CC3(C)C)c(C(=O)NS(=O)(=O)c3cccc(N)n3)c2)cn1.[2H]C([2H])([2H])C([2H])(COc1ccn(-c2ccc(C(=O)NS(=O)(=O)c3cccnc3N)c(N3C[C@@H](C)CC3(C)C)n2)n1)C([2H])([2H])[2H]. The average Bonchev–Trinajstić information content (AvgIpc) is 1.49. The number of ether oxygens (including phenoxy) is 4. The smallest absolute Gasteiger partial charge is 0.281 e. The van der Waals surface area contributed by atoms with E-state index in [9.17, 15) is 62.0 Å². The van der Waals surface area contributed by atoms with E-state index in [0.717, 1.165) is 51.5 Å². The molecule has 10 aromatic heterocycles. The topological polar surface area (TPSA) is 509 Å². The van der Waals surface area contributed by atoms with Crippen LogP contribution in [0.25, 0.3) is 28.2 Å². The molecular formula is C101H126FN21O17S4. The van der Waals surface area contributed by atoms with Crippen molar-refractivity contribution < 1.29 is 85.8 Å². The van der Waals surface area contributed by atoms with Crippen LogP contribution >= 0.6 is 0 Å². The van der Waals surface area contributed by atoms with E-state index in [0.29, 0.717) is 95.6 Å². The molecule has 4 saturated heterocycles. The number of hydrogen-bond acceptors (Lipinski definition) is 32. The van der Waals surface area contributed by atoms with Crippen molar-refractivity contribution in [2.24, 2.45) is 41.4 Å². The second-order valence-electron chi connectivity index (χ2n) is 39.7. The maximum atomic E-state index is 14.5. The Morgan fingerprint density at radius 3 is 1.59 bits per heavy atom. The molecule has 14 heterocycles. The van der Waals surface area contributed by atoms with Crippen molar-refractivity contribution in [2.45, 2.75) is 211 Å². The summed E-state index contributed by atoms with van der Waals surface area (Å²) in [5, 5.41) is 3.17. The maximum Gasteiger partial charge on any atom is 0.281 e. The largest absolute Gasteiger partial charge is 0.493 e. The number of H-pyrrole nitrogens is 1. The molecule has 0 radical (unpaired) electrons. The molecule has 5 fully saturated rings. The van der Waals surface area contributed by atoms with Gasteiger partial charge >= 0.3 is 0 Å². The summed E-state index contributed by atoms with van der Waals surface area (Å²) in [6.07, 6.45) is 14.0. The molecule has 9 N–H and O–H groups in total. The van der Waals surface area contributed by atoms with Crippen LogP contribution in [-0.4, -0.2) is 187 Å². The van der Waals surface area contributed by atoms with Crippen LogP contribution in [0.2, 0.25) is 0 Å². The molecule has 38 nitrogen and oxygen atoms in total. The number of rotatable bonds is 28. The number of carbonyl (C=O) groups is 4. The van der Waals surface area contributed by atoms with Gasteiger partial charge in [-0.2, -0.15) is 30.2 Å². The van der Waals surface area contributed by atoms with Crippen molar-refractivity contribution in [1.82, 2.24) is 73.5 Å². The fourth-order valence-corrected chi connectivity index (χ4v) is 22.6. The molecule has 6 atom stereocenters. The number of anilines is 6. The highest BCUT2D eigenvalue weighted by Crippen LogP contribution is 2.44. The highest BCUT2D eigenvalue weighted by molar-refractivity contribution is 7.91. The average molecular weight is 2060 g/mol. The number of nitrogens with zero attached hydrogens (tertiary/aromatic N) is 14. The maximum absolute atomic E-state index is 14.5. The van der Waals surface area contributed by atoms with Gasteiger partial charge in [-0.3, -0.25) is 24.0 Å². The summed E-state index contributed by atoms with van der Waals surface area (Å²) in [4.78, 5) is 109. The Hall–Kier alpha value is -13.8. The molecule has 11 aromatic rings. The fraction of sp³-hybridized carbons (Fsp3) is 0.426. The van der Waals surface area contributed by atoms with E-state index < -0.39 is 112 Å². The van der Waals surface area contributed by atoms with Crippen molar-refractivity contribution >= 4 is 98.6 Å². The number of nitrogen functional groups attached to an aromatic ring is 2. The van der Waals surface area contributed by atoms with Gasteiger partial charge in [-0.15, -0.1) is 5.10 Å². The minimum Gasteiger partial charge on any atom is -0.493 e. The molecule has 1 saturated carbocycles. The van der Waals surface area contributed by atoms with Gasteiger partial charge in [0.2, 0.25) is 23.2 Å². The minimum absolute atomic E-state index is 0.0278. The number of halogens is 1. The van der Waals surface area contributed by atoms with Crippen LogP contribution in [0.4, 0.5) is 39.3 Å². The third-order valence-electron chi connectivity index (χ3n) is 24.8. The molecule has 0 bridgehead atoms. The molecule has 43 heteroatoms. The van der Waals surface area contributed by atoms with E-state index in [1.165, 1.54) is 115 Å². The van der Waals surface area contributed by atoms with Gasteiger partial charge in [-0.1, -0.05) is 80.4 Å². The summed E-state index contributed by atoms with van der Waals surface area (Å²) in [5.74, 6) is -2.34. The molecule has 16 rings (SSSR count). The zero-order chi connectivity index (χ0) is 111. The molecule has 1 aromatic carbocycles. The molecule has 4 amide bonds. The Labute approximate surface area is 849 Å². The molecule has 0 spiro atoms. The molecular weight excluding hydrogens is 1930 g/mol. The summed E-state index contributed by atoms with van der Waals surface area (Å²) in [6, 6.07) is 34.9. The lowest BCUT2D eigenvalue weighted by Crippen LogP contribution is -2.41. The lowest BCUT2D eigenvalue weighted by Gasteiger charge is -2.34. The highest BCUT2D eigenvalue weighted by atomic mass is 32.2. The van der Waals surface area contributed by atoms with Gasteiger partial charge in [-0.05, 0) is 239 Å². The second-order valence-corrected chi connectivity index (χ2v) is 46.3. The van der Waals surface area contributed by atoms with E-state index in [-0.39, 0.29) is 113 Å². The molecule has 4 unspecified atom stereocenters. The van der Waals surface area contributed by atoms with Crippen LogP contribution in [0.1, 0.15) is 214 Å². The molecule has 1 aliphatic carbocycles. The van der Waals surface area contributed by atoms with Gasteiger partial charge in [0, 0.05) is 136 Å². The second kappa shape index (κ2) is 43.8. The van der Waals surface area contributed by atoms with Gasteiger partial charge in [0.25, 0.3) is 63.7 Å². The van der Waals surface area contributed by atoms with Gasteiger partial charge in [0.05, 0.1) is 48.3 Å². The van der Waals surface area contributed by atoms with Gasteiger partial charge < -0.3 is 55.0 Å². The number of nitrogens with two attached hydrogens (primary N) is 2. The van der Waals surface area contributed by atoms with E-state index in [1.807, 2.05) is 72.6 Å². The zero-order valence-corrected chi connectivity index (χ0v) is 86.1. The number of methoxy groups -OCH3 is 1. The van der Waals surface area contributed by atoms with E-state index >= 15 is 0 Å². The van der Waals surface area contributed by atoms with Gasteiger partial charge in [-0.25, -0.2) is 71.3 Å².